The molecule has 3 heteroatoms. The van der Waals surface area contributed by atoms with Crippen LogP contribution in [0, 0.1) is 46.2 Å². The summed E-state index contributed by atoms with van der Waals surface area (Å²) in [6.45, 7) is 7.23. The molecule has 184 valence electrons. The highest BCUT2D eigenvalue weighted by molar-refractivity contribution is 5.18. The van der Waals surface area contributed by atoms with Crippen molar-refractivity contribution in [2.45, 2.75) is 110 Å². The Morgan fingerprint density at radius 1 is 0.939 bits per heavy atom. The standard InChI is InChI=1S/C30H45FO2/c1-4-30(33,18-13-20-5-8-22(31)9-6-20)27-12-11-25-24-10-7-21-19-23(32)14-16-28(21,2)26(24)15-17-29(25,27)3/h5-6,8-9,21,23-27,32-33H,4,7,10-19H2,1-3H3/t21-,23-,24-,25-,26-,27-,28-,29-,30?/m0/s1. The quantitative estimate of drug-likeness (QED) is 0.505. The zero-order valence-corrected chi connectivity index (χ0v) is 21.0. The van der Waals surface area contributed by atoms with E-state index in [2.05, 4.69) is 20.8 Å². The fourth-order valence-corrected chi connectivity index (χ4v) is 9.73. The van der Waals surface area contributed by atoms with Gasteiger partial charge in [-0.2, -0.15) is 0 Å². The van der Waals surface area contributed by atoms with E-state index in [4.69, 9.17) is 0 Å². The Balaban J connectivity index is 1.34. The molecular formula is C30H45FO2. The highest BCUT2D eigenvalue weighted by Gasteiger charge is 2.62. The van der Waals surface area contributed by atoms with Crippen LogP contribution in [-0.2, 0) is 6.42 Å². The second-order valence-electron chi connectivity index (χ2n) is 12.8. The van der Waals surface area contributed by atoms with E-state index < -0.39 is 5.60 Å². The Morgan fingerprint density at radius 2 is 1.64 bits per heavy atom. The normalized spacial score (nSPS) is 44.4. The van der Waals surface area contributed by atoms with Gasteiger partial charge in [-0.25, -0.2) is 4.39 Å². The van der Waals surface area contributed by atoms with Crippen molar-refractivity contribution in [3.8, 4) is 0 Å². The highest BCUT2D eigenvalue weighted by Crippen LogP contribution is 2.69. The van der Waals surface area contributed by atoms with Gasteiger partial charge in [0.15, 0.2) is 0 Å². The van der Waals surface area contributed by atoms with Crippen LogP contribution in [0.15, 0.2) is 24.3 Å². The smallest absolute Gasteiger partial charge is 0.123 e. The van der Waals surface area contributed by atoms with Crippen LogP contribution < -0.4 is 0 Å². The first-order chi connectivity index (χ1) is 15.7. The van der Waals surface area contributed by atoms with Crippen LogP contribution in [0.1, 0.15) is 97.0 Å². The average molecular weight is 457 g/mol. The molecule has 2 nitrogen and oxygen atoms in total. The molecule has 0 radical (unpaired) electrons. The van der Waals surface area contributed by atoms with Crippen molar-refractivity contribution < 1.29 is 14.6 Å². The van der Waals surface area contributed by atoms with E-state index >= 15 is 0 Å². The largest absolute Gasteiger partial charge is 0.393 e. The molecule has 4 saturated carbocycles. The lowest BCUT2D eigenvalue weighted by molar-refractivity contribution is -0.148. The minimum Gasteiger partial charge on any atom is -0.393 e. The first-order valence-electron chi connectivity index (χ1n) is 13.8. The number of aliphatic hydroxyl groups is 2. The zero-order chi connectivity index (χ0) is 23.4. The summed E-state index contributed by atoms with van der Waals surface area (Å²) in [6, 6.07) is 6.82. The first-order valence-corrected chi connectivity index (χ1v) is 13.8. The van der Waals surface area contributed by atoms with Gasteiger partial charge in [0.2, 0.25) is 0 Å². The Kier molecular flexibility index (Phi) is 6.22. The maximum absolute atomic E-state index is 13.3. The molecule has 0 amide bonds. The molecule has 0 saturated heterocycles. The van der Waals surface area contributed by atoms with Gasteiger partial charge < -0.3 is 10.2 Å². The molecule has 0 spiro atoms. The molecule has 5 rings (SSSR count). The Hall–Kier alpha value is -0.930. The maximum Gasteiger partial charge on any atom is 0.123 e. The molecule has 0 heterocycles. The Labute approximate surface area is 200 Å². The molecule has 33 heavy (non-hydrogen) atoms. The van der Waals surface area contributed by atoms with Crippen molar-refractivity contribution in [3.63, 3.8) is 0 Å². The van der Waals surface area contributed by atoms with Gasteiger partial charge in [-0.05, 0) is 135 Å². The van der Waals surface area contributed by atoms with Crippen LogP contribution in [-0.4, -0.2) is 21.9 Å². The van der Waals surface area contributed by atoms with Crippen molar-refractivity contribution in [2.75, 3.05) is 0 Å². The van der Waals surface area contributed by atoms with Gasteiger partial charge in [0, 0.05) is 0 Å². The van der Waals surface area contributed by atoms with Gasteiger partial charge in [-0.1, -0.05) is 32.9 Å². The predicted octanol–water partition coefficient (Wildman–Crippen LogP) is 6.92. The minimum absolute atomic E-state index is 0.0787. The monoisotopic (exact) mass is 456 g/mol. The van der Waals surface area contributed by atoms with Crippen molar-refractivity contribution in [3.05, 3.63) is 35.6 Å². The summed E-state index contributed by atoms with van der Waals surface area (Å²) < 4.78 is 13.3. The molecule has 4 fully saturated rings. The lowest BCUT2D eigenvalue weighted by Crippen LogP contribution is -2.55. The van der Waals surface area contributed by atoms with E-state index in [9.17, 15) is 14.6 Å². The van der Waals surface area contributed by atoms with Crippen LogP contribution in [0.25, 0.3) is 0 Å². The third kappa shape index (κ3) is 3.90. The van der Waals surface area contributed by atoms with Gasteiger partial charge in [0.05, 0.1) is 11.7 Å². The van der Waals surface area contributed by atoms with E-state index in [1.807, 2.05) is 12.1 Å². The third-order valence-electron chi connectivity index (χ3n) is 11.7. The fraction of sp³-hybridized carbons (Fsp3) is 0.800. The molecule has 0 aliphatic heterocycles. The number of benzene rings is 1. The predicted molar refractivity (Wildman–Crippen MR) is 131 cm³/mol. The van der Waals surface area contributed by atoms with Gasteiger partial charge in [0.25, 0.3) is 0 Å². The number of fused-ring (bicyclic) bond motifs is 5. The number of rotatable bonds is 5. The molecule has 4 aliphatic rings. The topological polar surface area (TPSA) is 40.5 Å². The Morgan fingerprint density at radius 3 is 2.36 bits per heavy atom. The van der Waals surface area contributed by atoms with Gasteiger partial charge >= 0.3 is 0 Å². The molecule has 1 aromatic rings. The average Bonchev–Trinajstić information content (AvgIpc) is 3.17. The summed E-state index contributed by atoms with van der Waals surface area (Å²) in [5, 5.41) is 22.3. The number of aryl methyl sites for hydroxylation is 1. The van der Waals surface area contributed by atoms with Crippen molar-refractivity contribution in [2.24, 2.45) is 40.4 Å². The van der Waals surface area contributed by atoms with Crippen molar-refractivity contribution in [1.82, 2.24) is 0 Å². The summed E-state index contributed by atoms with van der Waals surface area (Å²) in [5.74, 6) is 3.20. The van der Waals surface area contributed by atoms with E-state index in [0.29, 0.717) is 17.3 Å². The highest BCUT2D eigenvalue weighted by atomic mass is 19.1. The molecule has 4 aliphatic carbocycles. The first kappa shape index (κ1) is 23.8. The molecule has 2 N–H and O–H groups in total. The number of hydrogen-bond acceptors (Lipinski definition) is 2. The van der Waals surface area contributed by atoms with E-state index in [-0.39, 0.29) is 17.3 Å². The second-order valence-corrected chi connectivity index (χ2v) is 12.8. The van der Waals surface area contributed by atoms with Gasteiger partial charge in [0.1, 0.15) is 5.82 Å². The van der Waals surface area contributed by atoms with Gasteiger partial charge in [-0.15, -0.1) is 0 Å². The van der Waals surface area contributed by atoms with Crippen LogP contribution in [0.4, 0.5) is 4.39 Å². The van der Waals surface area contributed by atoms with Crippen LogP contribution in [0.5, 0.6) is 0 Å². The Bertz CT molecular complexity index is 838. The van der Waals surface area contributed by atoms with E-state index in [1.54, 1.807) is 0 Å². The van der Waals surface area contributed by atoms with Crippen molar-refractivity contribution in [1.29, 1.82) is 0 Å². The van der Waals surface area contributed by atoms with Crippen LogP contribution >= 0.6 is 0 Å². The molecule has 1 aromatic carbocycles. The maximum atomic E-state index is 13.3. The number of aliphatic hydroxyl groups excluding tert-OH is 1. The van der Waals surface area contributed by atoms with E-state index in [0.717, 1.165) is 61.8 Å². The molecular weight excluding hydrogens is 411 g/mol. The van der Waals surface area contributed by atoms with Crippen molar-refractivity contribution >= 4 is 0 Å². The molecule has 1 unspecified atom stereocenters. The zero-order valence-electron chi connectivity index (χ0n) is 21.0. The summed E-state index contributed by atoms with van der Waals surface area (Å²) in [5.41, 5.74) is 1.12. The van der Waals surface area contributed by atoms with Crippen LogP contribution in [0.3, 0.4) is 0 Å². The molecule has 9 atom stereocenters. The fourth-order valence-electron chi connectivity index (χ4n) is 9.73. The van der Waals surface area contributed by atoms with E-state index in [1.165, 1.54) is 50.7 Å². The second kappa shape index (κ2) is 8.63. The number of halogens is 1. The van der Waals surface area contributed by atoms with Gasteiger partial charge in [-0.3, -0.25) is 0 Å². The summed E-state index contributed by atoms with van der Waals surface area (Å²) in [6.07, 6.45) is 13.1. The third-order valence-corrected chi connectivity index (χ3v) is 11.7. The SMILES string of the molecule is CCC(O)(CCc1ccc(F)cc1)[C@H]1CC[C@H]2[C@@H]3CC[C@H]4C[C@@H](O)CC[C@]4(C)[C@H]3CC[C@]12C. The lowest BCUT2D eigenvalue weighted by atomic mass is 9.44. The van der Waals surface area contributed by atoms with Crippen LogP contribution in [0.2, 0.25) is 0 Å². The summed E-state index contributed by atoms with van der Waals surface area (Å²) >= 11 is 0. The lowest BCUT2D eigenvalue weighted by Gasteiger charge is -2.61. The summed E-state index contributed by atoms with van der Waals surface area (Å²) in [7, 11) is 0. The molecule has 0 aromatic heterocycles. The molecule has 0 bridgehead atoms. The number of hydrogen-bond donors (Lipinski definition) is 2. The minimum atomic E-state index is -0.638. The summed E-state index contributed by atoms with van der Waals surface area (Å²) in [4.78, 5) is 0.